The van der Waals surface area contributed by atoms with E-state index in [0.29, 0.717) is 24.0 Å². The van der Waals surface area contributed by atoms with Gasteiger partial charge in [-0.25, -0.2) is 9.78 Å². The Morgan fingerprint density at radius 2 is 1.96 bits per heavy atom. The van der Waals surface area contributed by atoms with Gasteiger partial charge in [-0.05, 0) is 29.7 Å². The molecule has 0 aliphatic carbocycles. The first kappa shape index (κ1) is 17.6. The summed E-state index contributed by atoms with van der Waals surface area (Å²) in [5.74, 6) is -0.179. The Hall–Kier alpha value is -3.21. The Kier molecular flexibility index (Phi) is 5.59. The minimum atomic E-state index is -0.445. The van der Waals surface area contributed by atoms with E-state index in [1.54, 1.807) is 12.1 Å². The highest BCUT2D eigenvalue weighted by molar-refractivity contribution is 6.00. The van der Waals surface area contributed by atoms with E-state index in [4.69, 9.17) is 9.15 Å². The lowest BCUT2D eigenvalue weighted by Crippen LogP contribution is -2.08. The zero-order valence-electron chi connectivity index (χ0n) is 14.5. The number of carbonyl (C=O) groups excluding carboxylic acids is 2. The quantitative estimate of drug-likeness (QED) is 0.349. The molecule has 0 saturated carbocycles. The largest absolute Gasteiger partial charge is 0.462 e. The lowest BCUT2D eigenvalue weighted by atomic mass is 9.97. The molecule has 1 aromatic heterocycles. The standard InChI is InChI=1S/C21H19NO4/c1-2-3-11-25-21(24)18-12-16(15-7-5-4-6-8-15)9-10-17(18)20-19(13-23)22-14-26-20/h4-10,12-14H,2-3,11H2,1H3. The molecular weight excluding hydrogens is 330 g/mol. The van der Waals surface area contributed by atoms with Gasteiger partial charge >= 0.3 is 5.97 Å². The molecule has 0 aliphatic rings. The number of unbranched alkanes of at least 4 members (excludes halogenated alkanes) is 1. The number of hydrogen-bond donors (Lipinski definition) is 0. The van der Waals surface area contributed by atoms with Crippen LogP contribution in [-0.2, 0) is 4.74 Å². The fourth-order valence-electron chi connectivity index (χ4n) is 2.65. The lowest BCUT2D eigenvalue weighted by molar-refractivity contribution is 0.0500. The number of benzene rings is 2. The van der Waals surface area contributed by atoms with Gasteiger partial charge in [0.1, 0.15) is 5.69 Å². The van der Waals surface area contributed by atoms with E-state index >= 15 is 0 Å². The van der Waals surface area contributed by atoms with Crippen LogP contribution in [0.5, 0.6) is 0 Å². The summed E-state index contributed by atoms with van der Waals surface area (Å²) >= 11 is 0. The molecule has 0 bridgehead atoms. The van der Waals surface area contributed by atoms with Gasteiger partial charge in [0.15, 0.2) is 18.4 Å². The zero-order valence-corrected chi connectivity index (χ0v) is 14.5. The molecule has 3 rings (SSSR count). The van der Waals surface area contributed by atoms with Crippen molar-refractivity contribution in [3.63, 3.8) is 0 Å². The maximum atomic E-state index is 12.6. The van der Waals surface area contributed by atoms with Gasteiger partial charge in [0.25, 0.3) is 0 Å². The SMILES string of the molecule is CCCCOC(=O)c1cc(-c2ccccc2)ccc1-c1ocnc1C=O. The monoisotopic (exact) mass is 349 g/mol. The maximum Gasteiger partial charge on any atom is 0.338 e. The smallest absolute Gasteiger partial charge is 0.338 e. The number of aromatic nitrogens is 1. The Morgan fingerprint density at radius 3 is 2.69 bits per heavy atom. The zero-order chi connectivity index (χ0) is 18.4. The average molecular weight is 349 g/mol. The molecule has 5 nitrogen and oxygen atoms in total. The second kappa shape index (κ2) is 8.25. The van der Waals surface area contributed by atoms with E-state index in [9.17, 15) is 9.59 Å². The van der Waals surface area contributed by atoms with Crippen LogP contribution in [0.3, 0.4) is 0 Å². The number of carbonyl (C=O) groups is 2. The van der Waals surface area contributed by atoms with Crippen molar-refractivity contribution in [2.75, 3.05) is 6.61 Å². The van der Waals surface area contributed by atoms with E-state index < -0.39 is 5.97 Å². The molecule has 1 heterocycles. The highest BCUT2D eigenvalue weighted by atomic mass is 16.5. The summed E-state index contributed by atoms with van der Waals surface area (Å²) in [5.41, 5.74) is 2.85. The highest BCUT2D eigenvalue weighted by Crippen LogP contribution is 2.31. The normalized spacial score (nSPS) is 10.5. The van der Waals surface area contributed by atoms with Crippen molar-refractivity contribution >= 4 is 12.3 Å². The van der Waals surface area contributed by atoms with Crippen molar-refractivity contribution in [2.45, 2.75) is 19.8 Å². The third kappa shape index (κ3) is 3.72. The van der Waals surface area contributed by atoms with Gasteiger partial charge in [-0.2, -0.15) is 0 Å². The van der Waals surface area contributed by atoms with Crippen LogP contribution in [0.4, 0.5) is 0 Å². The van der Waals surface area contributed by atoms with Crippen molar-refractivity contribution in [2.24, 2.45) is 0 Å². The minimum Gasteiger partial charge on any atom is -0.462 e. The van der Waals surface area contributed by atoms with Crippen molar-refractivity contribution in [3.05, 3.63) is 66.2 Å². The fourth-order valence-corrected chi connectivity index (χ4v) is 2.65. The molecule has 0 fully saturated rings. The number of esters is 1. The van der Waals surface area contributed by atoms with E-state index in [0.717, 1.165) is 24.0 Å². The van der Waals surface area contributed by atoms with Gasteiger partial charge in [0.05, 0.1) is 12.2 Å². The molecule has 0 N–H and O–H groups in total. The second-order valence-corrected chi connectivity index (χ2v) is 5.80. The van der Waals surface area contributed by atoms with Crippen LogP contribution in [0, 0.1) is 0 Å². The van der Waals surface area contributed by atoms with Crippen LogP contribution in [0.1, 0.15) is 40.6 Å². The number of nitrogens with zero attached hydrogens (tertiary/aromatic N) is 1. The number of oxazole rings is 1. The molecule has 26 heavy (non-hydrogen) atoms. The van der Waals surface area contributed by atoms with E-state index in [1.165, 1.54) is 6.39 Å². The summed E-state index contributed by atoms with van der Waals surface area (Å²) in [4.78, 5) is 27.7. The van der Waals surface area contributed by atoms with E-state index in [1.807, 2.05) is 43.3 Å². The van der Waals surface area contributed by atoms with Crippen LogP contribution in [-0.4, -0.2) is 23.8 Å². The van der Waals surface area contributed by atoms with Gasteiger partial charge in [0, 0.05) is 5.56 Å². The molecule has 132 valence electrons. The van der Waals surface area contributed by atoms with Crippen molar-refractivity contribution in [3.8, 4) is 22.5 Å². The molecule has 5 heteroatoms. The minimum absolute atomic E-state index is 0.153. The van der Waals surface area contributed by atoms with Crippen LogP contribution in [0.2, 0.25) is 0 Å². The summed E-state index contributed by atoms with van der Waals surface area (Å²) in [6.45, 7) is 2.38. The van der Waals surface area contributed by atoms with Gasteiger partial charge < -0.3 is 9.15 Å². The molecule has 0 unspecified atom stereocenters. The van der Waals surface area contributed by atoms with Crippen molar-refractivity contribution in [1.29, 1.82) is 0 Å². The summed E-state index contributed by atoms with van der Waals surface area (Å²) in [5, 5.41) is 0. The van der Waals surface area contributed by atoms with Gasteiger partial charge in [-0.1, -0.05) is 49.7 Å². The fraction of sp³-hybridized carbons (Fsp3) is 0.190. The van der Waals surface area contributed by atoms with E-state index in [2.05, 4.69) is 4.98 Å². The van der Waals surface area contributed by atoms with Gasteiger partial charge in [-0.15, -0.1) is 0 Å². The first-order valence-corrected chi connectivity index (χ1v) is 8.50. The Morgan fingerprint density at radius 1 is 1.15 bits per heavy atom. The molecule has 3 aromatic rings. The summed E-state index contributed by atoms with van der Waals surface area (Å²) < 4.78 is 10.7. The lowest BCUT2D eigenvalue weighted by Gasteiger charge is -2.11. The molecule has 0 aliphatic heterocycles. The summed E-state index contributed by atoms with van der Waals surface area (Å²) in [6, 6.07) is 15.1. The number of ether oxygens (including phenoxy) is 1. The Balaban J connectivity index is 2.06. The predicted molar refractivity (Wildman–Crippen MR) is 98.0 cm³/mol. The average Bonchev–Trinajstić information content (AvgIpc) is 3.17. The van der Waals surface area contributed by atoms with Crippen LogP contribution in [0.15, 0.2) is 59.3 Å². The molecule has 0 saturated heterocycles. The Labute approximate surface area is 151 Å². The van der Waals surface area contributed by atoms with Crippen LogP contribution >= 0.6 is 0 Å². The number of hydrogen-bond acceptors (Lipinski definition) is 5. The van der Waals surface area contributed by atoms with Gasteiger partial charge in [-0.3, -0.25) is 4.79 Å². The molecule has 0 spiro atoms. The maximum absolute atomic E-state index is 12.6. The first-order valence-electron chi connectivity index (χ1n) is 8.50. The van der Waals surface area contributed by atoms with E-state index in [-0.39, 0.29) is 11.5 Å². The number of rotatable bonds is 7. The molecule has 0 atom stereocenters. The summed E-state index contributed by atoms with van der Waals surface area (Å²) in [7, 11) is 0. The molecule has 2 aromatic carbocycles. The first-order chi connectivity index (χ1) is 12.7. The van der Waals surface area contributed by atoms with Crippen LogP contribution in [0.25, 0.3) is 22.5 Å². The van der Waals surface area contributed by atoms with Crippen molar-refractivity contribution in [1.82, 2.24) is 4.98 Å². The molecular formula is C21H19NO4. The molecule has 0 amide bonds. The van der Waals surface area contributed by atoms with Gasteiger partial charge in [0.2, 0.25) is 0 Å². The second-order valence-electron chi connectivity index (χ2n) is 5.80. The highest BCUT2D eigenvalue weighted by Gasteiger charge is 2.20. The number of aldehydes is 1. The topological polar surface area (TPSA) is 69.4 Å². The summed E-state index contributed by atoms with van der Waals surface area (Å²) in [6.07, 6.45) is 3.52. The Bertz CT molecular complexity index is 899. The third-order valence-electron chi connectivity index (χ3n) is 4.03. The predicted octanol–water partition coefficient (Wildman–Crippen LogP) is 4.78. The van der Waals surface area contributed by atoms with Crippen molar-refractivity contribution < 1.29 is 18.7 Å². The molecule has 0 radical (unpaired) electrons. The third-order valence-corrected chi connectivity index (χ3v) is 4.03. The van der Waals surface area contributed by atoms with Crippen LogP contribution < -0.4 is 0 Å².